The third-order valence-corrected chi connectivity index (χ3v) is 2.90. The Kier molecular flexibility index (Phi) is 3.72. The van der Waals surface area contributed by atoms with Crippen LogP contribution in [0.5, 0.6) is 0 Å². The molecule has 0 fully saturated rings. The van der Waals surface area contributed by atoms with E-state index in [1.165, 1.54) is 6.07 Å². The van der Waals surface area contributed by atoms with Gasteiger partial charge >= 0.3 is 0 Å². The number of rotatable bonds is 3. The van der Waals surface area contributed by atoms with Gasteiger partial charge in [0.1, 0.15) is 0 Å². The summed E-state index contributed by atoms with van der Waals surface area (Å²) in [6.07, 6.45) is 4.15. The number of amides is 1. The van der Waals surface area contributed by atoms with Crippen LogP contribution in [0.1, 0.15) is 12.0 Å². The molecule has 1 aromatic carbocycles. The van der Waals surface area contributed by atoms with Crippen LogP contribution in [-0.4, -0.2) is 11.9 Å². The van der Waals surface area contributed by atoms with Crippen molar-refractivity contribution in [3.8, 4) is 0 Å². The summed E-state index contributed by atoms with van der Waals surface area (Å²) in [5.41, 5.74) is 6.17. The maximum absolute atomic E-state index is 12.9. The molecule has 0 aromatic heterocycles. The van der Waals surface area contributed by atoms with Crippen LogP contribution >= 0.6 is 0 Å². The summed E-state index contributed by atoms with van der Waals surface area (Å²) in [6.45, 7) is 0.176. The van der Waals surface area contributed by atoms with Crippen molar-refractivity contribution in [1.82, 2.24) is 5.32 Å². The third-order valence-electron chi connectivity index (χ3n) is 2.90. The van der Waals surface area contributed by atoms with E-state index in [4.69, 9.17) is 5.73 Å². The summed E-state index contributed by atoms with van der Waals surface area (Å²) in [4.78, 5) is 11.7. The zero-order chi connectivity index (χ0) is 13.1. The van der Waals surface area contributed by atoms with Gasteiger partial charge in [0.05, 0.1) is 5.92 Å². The van der Waals surface area contributed by atoms with E-state index in [-0.39, 0.29) is 24.4 Å². The first-order valence-electron chi connectivity index (χ1n) is 5.72. The maximum Gasteiger partial charge on any atom is 0.227 e. The number of nitrogens with one attached hydrogen (secondary N) is 1. The Morgan fingerprint density at radius 3 is 2.72 bits per heavy atom. The van der Waals surface area contributed by atoms with Gasteiger partial charge in [-0.15, -0.1) is 0 Å². The fourth-order valence-corrected chi connectivity index (χ4v) is 1.89. The molecule has 3 nitrogen and oxygen atoms in total. The second kappa shape index (κ2) is 5.27. The van der Waals surface area contributed by atoms with Crippen molar-refractivity contribution in [1.29, 1.82) is 0 Å². The van der Waals surface area contributed by atoms with Crippen molar-refractivity contribution >= 4 is 5.91 Å². The summed E-state index contributed by atoms with van der Waals surface area (Å²) >= 11 is 0. The Balaban J connectivity index is 1.89. The van der Waals surface area contributed by atoms with Gasteiger partial charge in [0.2, 0.25) is 5.91 Å². The van der Waals surface area contributed by atoms with E-state index in [1.807, 2.05) is 0 Å². The van der Waals surface area contributed by atoms with Gasteiger partial charge in [-0.3, -0.25) is 4.79 Å². The minimum Gasteiger partial charge on any atom is -0.352 e. The van der Waals surface area contributed by atoms with E-state index < -0.39 is 11.6 Å². The number of benzene rings is 1. The van der Waals surface area contributed by atoms with E-state index in [0.29, 0.717) is 12.0 Å². The van der Waals surface area contributed by atoms with Gasteiger partial charge in [0, 0.05) is 12.6 Å². The molecule has 2 atom stereocenters. The molecule has 0 radical (unpaired) electrons. The molecule has 0 saturated heterocycles. The molecule has 1 aliphatic rings. The number of hydrogen-bond donors (Lipinski definition) is 2. The summed E-state index contributed by atoms with van der Waals surface area (Å²) in [7, 11) is 0. The van der Waals surface area contributed by atoms with Crippen molar-refractivity contribution in [2.45, 2.75) is 19.0 Å². The van der Waals surface area contributed by atoms with Crippen molar-refractivity contribution in [2.75, 3.05) is 0 Å². The lowest BCUT2D eigenvalue weighted by molar-refractivity contribution is -0.123. The molecule has 1 aliphatic carbocycles. The highest BCUT2D eigenvalue weighted by molar-refractivity contribution is 5.81. The smallest absolute Gasteiger partial charge is 0.227 e. The van der Waals surface area contributed by atoms with Crippen LogP contribution in [-0.2, 0) is 11.3 Å². The first kappa shape index (κ1) is 12.7. The number of carbonyl (C=O) groups is 1. The standard InChI is InChI=1S/C13H14F2N2O/c14-11-4-1-8(5-12(11)15)7-17-13(18)9-2-3-10(16)6-9/h1-5,9-10H,6-7,16H2,(H,17,18). The van der Waals surface area contributed by atoms with Crippen LogP contribution in [0.4, 0.5) is 8.78 Å². The Morgan fingerprint density at radius 2 is 2.11 bits per heavy atom. The molecule has 0 spiro atoms. The van der Waals surface area contributed by atoms with Gasteiger partial charge < -0.3 is 11.1 Å². The number of hydrogen-bond acceptors (Lipinski definition) is 2. The molecule has 18 heavy (non-hydrogen) atoms. The molecule has 5 heteroatoms. The lowest BCUT2D eigenvalue weighted by atomic mass is 10.1. The Bertz CT molecular complexity index is 488. The fraction of sp³-hybridized carbons (Fsp3) is 0.308. The minimum atomic E-state index is -0.912. The highest BCUT2D eigenvalue weighted by atomic mass is 19.2. The second-order valence-corrected chi connectivity index (χ2v) is 4.36. The lowest BCUT2D eigenvalue weighted by Gasteiger charge is -2.10. The average Bonchev–Trinajstić information content (AvgIpc) is 2.77. The van der Waals surface area contributed by atoms with Crippen LogP contribution in [0.25, 0.3) is 0 Å². The van der Waals surface area contributed by atoms with Crippen molar-refractivity contribution in [3.05, 3.63) is 47.5 Å². The summed E-state index contributed by atoms with van der Waals surface area (Å²) in [6, 6.07) is 3.48. The fourth-order valence-electron chi connectivity index (χ4n) is 1.89. The predicted octanol–water partition coefficient (Wildman–Crippen LogP) is 1.48. The van der Waals surface area contributed by atoms with Crippen LogP contribution in [0.15, 0.2) is 30.4 Å². The molecule has 0 saturated carbocycles. The van der Waals surface area contributed by atoms with Crippen LogP contribution in [0.3, 0.4) is 0 Å². The molecule has 1 amide bonds. The summed E-state index contributed by atoms with van der Waals surface area (Å²) < 4.78 is 25.6. The first-order valence-corrected chi connectivity index (χ1v) is 5.72. The Morgan fingerprint density at radius 1 is 1.33 bits per heavy atom. The van der Waals surface area contributed by atoms with E-state index in [9.17, 15) is 13.6 Å². The Labute approximate surface area is 104 Å². The molecule has 96 valence electrons. The highest BCUT2D eigenvalue weighted by Crippen LogP contribution is 2.16. The summed E-state index contributed by atoms with van der Waals surface area (Å²) in [5, 5.41) is 2.67. The molecule has 1 aromatic rings. The summed E-state index contributed by atoms with van der Waals surface area (Å²) in [5.74, 6) is -2.19. The molecular formula is C13H14F2N2O. The Hall–Kier alpha value is -1.75. The highest BCUT2D eigenvalue weighted by Gasteiger charge is 2.22. The van der Waals surface area contributed by atoms with E-state index in [2.05, 4.69) is 5.32 Å². The predicted molar refractivity (Wildman–Crippen MR) is 63.4 cm³/mol. The zero-order valence-electron chi connectivity index (χ0n) is 9.70. The number of carbonyl (C=O) groups excluding carboxylic acids is 1. The lowest BCUT2D eigenvalue weighted by Crippen LogP contribution is -2.30. The largest absolute Gasteiger partial charge is 0.352 e. The van der Waals surface area contributed by atoms with Crippen LogP contribution in [0, 0.1) is 17.6 Å². The quantitative estimate of drug-likeness (QED) is 0.801. The average molecular weight is 252 g/mol. The SMILES string of the molecule is NC1C=CC(C(=O)NCc2ccc(F)c(F)c2)C1. The van der Waals surface area contributed by atoms with Crippen LogP contribution in [0.2, 0.25) is 0 Å². The minimum absolute atomic E-state index is 0.0796. The van der Waals surface area contributed by atoms with Gasteiger partial charge in [0.25, 0.3) is 0 Å². The third kappa shape index (κ3) is 2.92. The number of halogens is 2. The maximum atomic E-state index is 12.9. The molecule has 0 heterocycles. The molecule has 0 aliphatic heterocycles. The van der Waals surface area contributed by atoms with Gasteiger partial charge in [-0.2, -0.15) is 0 Å². The van der Waals surface area contributed by atoms with Crippen LogP contribution < -0.4 is 11.1 Å². The van der Waals surface area contributed by atoms with Gasteiger partial charge in [-0.25, -0.2) is 8.78 Å². The molecule has 0 bridgehead atoms. The zero-order valence-corrected chi connectivity index (χ0v) is 9.70. The van der Waals surface area contributed by atoms with Gasteiger partial charge in [-0.1, -0.05) is 18.2 Å². The molecular weight excluding hydrogens is 238 g/mol. The topological polar surface area (TPSA) is 55.1 Å². The van der Waals surface area contributed by atoms with Crippen molar-refractivity contribution in [2.24, 2.45) is 11.7 Å². The van der Waals surface area contributed by atoms with E-state index in [1.54, 1.807) is 12.2 Å². The monoisotopic (exact) mass is 252 g/mol. The van der Waals surface area contributed by atoms with Gasteiger partial charge in [0.15, 0.2) is 11.6 Å². The molecule has 3 N–H and O–H groups in total. The van der Waals surface area contributed by atoms with Crippen molar-refractivity contribution in [3.63, 3.8) is 0 Å². The van der Waals surface area contributed by atoms with E-state index in [0.717, 1.165) is 12.1 Å². The molecule has 2 unspecified atom stereocenters. The van der Waals surface area contributed by atoms with E-state index >= 15 is 0 Å². The second-order valence-electron chi connectivity index (χ2n) is 4.36. The normalized spacial score (nSPS) is 22.2. The number of nitrogens with two attached hydrogens (primary N) is 1. The first-order chi connectivity index (χ1) is 8.56. The molecule has 2 rings (SSSR count). The van der Waals surface area contributed by atoms with Crippen molar-refractivity contribution < 1.29 is 13.6 Å². The van der Waals surface area contributed by atoms with Gasteiger partial charge in [-0.05, 0) is 24.1 Å².